The molecule has 0 bridgehead atoms. The van der Waals surface area contributed by atoms with Crippen molar-refractivity contribution in [3.05, 3.63) is 173 Å². The molecule has 0 spiro atoms. The van der Waals surface area contributed by atoms with Crippen molar-refractivity contribution in [3.8, 4) is 45.3 Å². The lowest BCUT2D eigenvalue weighted by Gasteiger charge is -2.35. The van der Waals surface area contributed by atoms with Crippen LogP contribution in [0.1, 0.15) is 34.6 Å². The number of fused-ring (bicyclic) bond motifs is 2. The Hall–Kier alpha value is -8.25. The van der Waals surface area contributed by atoms with Crippen molar-refractivity contribution in [2.24, 2.45) is 0 Å². The predicted molar refractivity (Wildman–Crippen MR) is 265 cm³/mol. The molecular formula is C52H47ClF4N10O4. The lowest BCUT2D eigenvalue weighted by atomic mass is 10.0. The van der Waals surface area contributed by atoms with Gasteiger partial charge in [-0.1, -0.05) is 0 Å². The van der Waals surface area contributed by atoms with E-state index in [1.807, 2.05) is 79.4 Å². The molecule has 14 nitrogen and oxygen atoms in total. The molecule has 0 aliphatic carbocycles. The Kier molecular flexibility index (Phi) is 15.0. The molecule has 6 heterocycles. The third kappa shape index (κ3) is 11.6. The molecule has 0 amide bonds. The lowest BCUT2D eigenvalue weighted by molar-refractivity contribution is 0.264. The van der Waals surface area contributed by atoms with Crippen molar-refractivity contribution >= 4 is 40.6 Å². The number of benzene rings is 4. The normalized spacial score (nSPS) is 14.5. The fourth-order valence-electron chi connectivity index (χ4n) is 8.01. The number of nitrogens with two attached hydrogens (primary N) is 1. The summed E-state index contributed by atoms with van der Waals surface area (Å²) >= 11 is 5.76. The van der Waals surface area contributed by atoms with Gasteiger partial charge in [-0.3, -0.25) is 9.97 Å². The molecule has 3 N–H and O–H groups in total. The lowest BCUT2D eigenvalue weighted by Crippen LogP contribution is -2.34. The number of aryl methyl sites for hydroxylation is 2. The van der Waals surface area contributed by atoms with E-state index in [4.69, 9.17) is 36.3 Å². The zero-order valence-electron chi connectivity index (χ0n) is 39.3. The summed E-state index contributed by atoms with van der Waals surface area (Å²) in [5, 5.41) is 3.28. The zero-order valence-corrected chi connectivity index (χ0v) is 40.0. The van der Waals surface area contributed by atoms with E-state index in [0.717, 1.165) is 57.2 Å². The fraction of sp³-hybridized carbons (Fsp3) is 0.192. The number of rotatable bonds is 8. The summed E-state index contributed by atoms with van der Waals surface area (Å²) in [5.41, 5.74) is 14.1. The molecule has 4 aromatic heterocycles. The van der Waals surface area contributed by atoms with Gasteiger partial charge in [-0.25, -0.2) is 27.5 Å². The average molecular weight is 987 g/mol. The van der Waals surface area contributed by atoms with Gasteiger partial charge in [-0.15, -0.1) is 0 Å². The van der Waals surface area contributed by atoms with Crippen LogP contribution < -0.4 is 39.8 Å². The van der Waals surface area contributed by atoms with Crippen LogP contribution in [0.25, 0.3) is 22.3 Å². The summed E-state index contributed by atoms with van der Waals surface area (Å²) in [6.45, 7) is 4.37. The molecule has 364 valence electrons. The highest BCUT2D eigenvalue weighted by Gasteiger charge is 2.30. The first kappa shape index (κ1) is 49.2. The van der Waals surface area contributed by atoms with Gasteiger partial charge in [0.2, 0.25) is 11.2 Å². The highest BCUT2D eigenvalue weighted by atomic mass is 35.5. The minimum absolute atomic E-state index is 0.0882. The van der Waals surface area contributed by atoms with Gasteiger partial charge in [-0.05, 0) is 120 Å². The standard InChI is InChI=1S/C26H23F2N5O2.C13H10ClF2N3O.C13H14N2O/c1-15-8-16(6-7-29-15)21-5-4-20(12-23(21)34-3)31-26-30-13-24-25(32-26)33(2)22(14-35-24)17-9-18(27)11-19(28)10-17;1-19-10(7-2-8(15)4-9(16)3-7)6-20-11-5-17-13(14)18-12(11)19;1-9-7-10(5-6-15-9)12-4-3-11(14)8-13(12)16-2/h4-13,22H,14H2,1-3H3,(H,30,31,32);2-5,10H,6H2,1H3;3-8H,14H2,1-2H3. The van der Waals surface area contributed by atoms with Gasteiger partial charge in [0, 0.05) is 84.6 Å². The van der Waals surface area contributed by atoms with Gasteiger partial charge in [0.15, 0.2) is 23.1 Å². The second-order valence-corrected chi connectivity index (χ2v) is 16.7. The van der Waals surface area contributed by atoms with Gasteiger partial charge in [0.25, 0.3) is 0 Å². The SMILES string of the molecule is CN1c2nc(Cl)ncc2OCC1c1cc(F)cc(F)c1.COc1cc(N)ccc1-c1ccnc(C)c1.COc1cc(Nc2ncc3c(n2)N(C)C(c2cc(F)cc(F)c2)CO3)ccc1-c1ccnc(C)c1. The summed E-state index contributed by atoms with van der Waals surface area (Å²) in [7, 11) is 6.83. The predicted octanol–water partition coefficient (Wildman–Crippen LogP) is 11.1. The maximum Gasteiger partial charge on any atom is 0.229 e. The molecule has 10 rings (SSSR count). The largest absolute Gasteiger partial charge is 0.496 e. The number of nitrogens with zero attached hydrogens (tertiary/aromatic N) is 8. The average Bonchev–Trinajstić information content (AvgIpc) is 3.34. The first-order valence-electron chi connectivity index (χ1n) is 21.9. The number of halogens is 5. The van der Waals surface area contributed by atoms with E-state index in [2.05, 4.69) is 35.2 Å². The highest BCUT2D eigenvalue weighted by molar-refractivity contribution is 6.28. The van der Waals surface area contributed by atoms with Crippen LogP contribution in [-0.2, 0) is 0 Å². The number of hydrogen-bond acceptors (Lipinski definition) is 14. The van der Waals surface area contributed by atoms with Crippen LogP contribution >= 0.6 is 11.6 Å². The Morgan fingerprint density at radius 1 is 0.606 bits per heavy atom. The minimum atomic E-state index is -0.636. The van der Waals surface area contributed by atoms with E-state index < -0.39 is 29.3 Å². The number of likely N-dealkylation sites (N-methyl/N-ethyl adjacent to an activating group) is 2. The van der Waals surface area contributed by atoms with Crippen LogP contribution in [0.4, 0.5) is 46.5 Å². The summed E-state index contributed by atoms with van der Waals surface area (Å²) < 4.78 is 76.5. The monoisotopic (exact) mass is 986 g/mol. The number of ether oxygens (including phenoxy) is 4. The first-order chi connectivity index (χ1) is 34.2. The maximum absolute atomic E-state index is 13.8. The molecule has 8 aromatic rings. The number of methoxy groups -OCH3 is 2. The van der Waals surface area contributed by atoms with Crippen molar-refractivity contribution < 1.29 is 36.5 Å². The molecule has 0 saturated heterocycles. The van der Waals surface area contributed by atoms with Crippen molar-refractivity contribution in [3.63, 3.8) is 0 Å². The number of aromatic nitrogens is 6. The Bertz CT molecular complexity index is 3170. The number of nitrogen functional groups attached to an aromatic ring is 1. The Morgan fingerprint density at radius 2 is 1.08 bits per heavy atom. The van der Waals surface area contributed by atoms with Crippen molar-refractivity contribution in [1.29, 1.82) is 0 Å². The van der Waals surface area contributed by atoms with E-state index >= 15 is 0 Å². The molecular weight excluding hydrogens is 940 g/mol. The fourth-order valence-corrected chi connectivity index (χ4v) is 8.14. The van der Waals surface area contributed by atoms with E-state index in [1.54, 1.807) is 51.8 Å². The van der Waals surface area contributed by atoms with Gasteiger partial charge >= 0.3 is 0 Å². The van der Waals surface area contributed by atoms with Crippen LogP contribution in [-0.4, -0.2) is 71.4 Å². The van der Waals surface area contributed by atoms with E-state index in [1.165, 1.54) is 30.5 Å². The quantitative estimate of drug-likeness (QED) is 0.0841. The molecule has 0 saturated carbocycles. The molecule has 2 atom stereocenters. The van der Waals surface area contributed by atoms with Crippen LogP contribution in [0.15, 0.2) is 122 Å². The molecule has 2 unspecified atom stereocenters. The number of pyridine rings is 2. The Morgan fingerprint density at radius 3 is 1.59 bits per heavy atom. The second-order valence-electron chi connectivity index (χ2n) is 16.4. The maximum atomic E-state index is 13.8. The Balaban J connectivity index is 0.000000158. The van der Waals surface area contributed by atoms with Crippen molar-refractivity contribution in [1.82, 2.24) is 29.9 Å². The molecule has 2 aliphatic heterocycles. The first-order valence-corrected chi connectivity index (χ1v) is 22.3. The Labute approximate surface area is 412 Å². The van der Waals surface area contributed by atoms with Crippen LogP contribution in [0.2, 0.25) is 5.28 Å². The van der Waals surface area contributed by atoms with Crippen molar-refractivity contribution in [2.75, 3.05) is 62.4 Å². The molecule has 4 aromatic carbocycles. The van der Waals surface area contributed by atoms with E-state index in [0.29, 0.717) is 51.6 Å². The third-order valence-electron chi connectivity index (χ3n) is 11.5. The van der Waals surface area contributed by atoms with E-state index in [-0.39, 0.29) is 24.5 Å². The van der Waals surface area contributed by atoms with Crippen LogP contribution in [0.5, 0.6) is 23.0 Å². The van der Waals surface area contributed by atoms with Gasteiger partial charge in [-0.2, -0.15) is 9.97 Å². The van der Waals surface area contributed by atoms with Gasteiger partial charge < -0.3 is 39.8 Å². The number of hydrogen-bond donors (Lipinski definition) is 2. The van der Waals surface area contributed by atoms with Crippen molar-refractivity contribution in [2.45, 2.75) is 25.9 Å². The summed E-state index contributed by atoms with van der Waals surface area (Å²) in [6, 6.07) is 25.4. The third-order valence-corrected chi connectivity index (χ3v) is 11.7. The topological polar surface area (TPSA) is 159 Å². The van der Waals surface area contributed by atoms with Crippen LogP contribution in [0, 0.1) is 37.1 Å². The minimum Gasteiger partial charge on any atom is -0.496 e. The summed E-state index contributed by atoms with van der Waals surface area (Å²) in [5.74, 6) is 1.28. The van der Waals surface area contributed by atoms with Gasteiger partial charge in [0.05, 0.1) is 38.7 Å². The molecule has 19 heteroatoms. The number of anilines is 5. The van der Waals surface area contributed by atoms with E-state index in [9.17, 15) is 17.6 Å². The summed E-state index contributed by atoms with van der Waals surface area (Å²) in [4.78, 5) is 28.9. The smallest absolute Gasteiger partial charge is 0.229 e. The molecule has 0 radical (unpaired) electrons. The molecule has 71 heavy (non-hydrogen) atoms. The molecule has 2 aliphatic rings. The summed E-state index contributed by atoms with van der Waals surface area (Å²) in [6.07, 6.45) is 6.61. The molecule has 0 fully saturated rings. The zero-order chi connectivity index (χ0) is 50.3. The highest BCUT2D eigenvalue weighted by Crippen LogP contribution is 2.40. The van der Waals surface area contributed by atoms with Gasteiger partial charge in [0.1, 0.15) is 48.0 Å². The van der Waals surface area contributed by atoms with Crippen LogP contribution in [0.3, 0.4) is 0 Å². The number of nitrogens with one attached hydrogen (secondary N) is 1. The second kappa shape index (κ2) is 21.6.